The first kappa shape index (κ1) is 78.6. The minimum absolute atomic E-state index is 0.0710. The van der Waals surface area contributed by atoms with Crippen LogP contribution in [0.4, 0.5) is 0 Å². The van der Waals surface area contributed by atoms with Gasteiger partial charge >= 0.3 is 17.9 Å². The van der Waals surface area contributed by atoms with Crippen molar-refractivity contribution in [3.05, 3.63) is 36.5 Å². The number of esters is 3. The molecule has 476 valence electrons. The molecule has 0 heterocycles. The molecule has 6 nitrogen and oxygen atoms in total. The number of unbranched alkanes of at least 4 members (excludes halogenated alkanes) is 51. The van der Waals surface area contributed by atoms with Crippen LogP contribution in [0.25, 0.3) is 0 Å². The van der Waals surface area contributed by atoms with Crippen molar-refractivity contribution >= 4 is 17.9 Å². The van der Waals surface area contributed by atoms with Crippen LogP contribution < -0.4 is 0 Å². The molecule has 0 aromatic heterocycles. The number of ether oxygens (including phenoxy) is 3. The minimum Gasteiger partial charge on any atom is -0.462 e. The predicted molar refractivity (Wildman–Crippen MR) is 353 cm³/mol. The molecule has 0 rings (SSSR count). The van der Waals surface area contributed by atoms with Gasteiger partial charge in [-0.05, 0) is 70.6 Å². The summed E-state index contributed by atoms with van der Waals surface area (Å²) in [5, 5.41) is 0. The normalized spacial score (nSPS) is 12.2. The molecule has 0 aromatic carbocycles. The zero-order chi connectivity index (χ0) is 58.5. The van der Waals surface area contributed by atoms with Crippen molar-refractivity contribution in [2.75, 3.05) is 13.2 Å². The van der Waals surface area contributed by atoms with Crippen molar-refractivity contribution in [3.63, 3.8) is 0 Å². The van der Waals surface area contributed by atoms with E-state index in [0.717, 1.165) is 77.0 Å². The average Bonchev–Trinajstić information content (AvgIpc) is 3.47. The number of rotatable bonds is 68. The fourth-order valence-electron chi connectivity index (χ4n) is 11.1. The molecule has 0 amide bonds. The largest absolute Gasteiger partial charge is 0.462 e. The van der Waals surface area contributed by atoms with Crippen LogP contribution in [0, 0.1) is 0 Å². The van der Waals surface area contributed by atoms with Gasteiger partial charge in [0.05, 0.1) is 0 Å². The molecule has 0 aliphatic heterocycles. The van der Waals surface area contributed by atoms with E-state index in [2.05, 4.69) is 57.2 Å². The topological polar surface area (TPSA) is 78.9 Å². The standard InChI is InChI=1S/C75H140O6/c1-4-7-10-13-16-19-22-24-26-28-30-32-34-35-36-37-38-39-40-42-43-45-47-49-51-53-56-59-62-65-68-74(77)80-71-72(70-79-73(76)67-64-61-58-55-21-18-15-12-9-6-3)81-75(78)69-66-63-60-57-54-52-50-48-46-44-41-33-31-29-27-25-23-20-17-14-11-8-5-2/h12,15,23,25,29,31,72H,4-11,13-14,16-22,24,26-28,30,32-71H2,1-3H3/b15-12-,25-23-,31-29-. The summed E-state index contributed by atoms with van der Waals surface area (Å²) in [4.78, 5) is 38.3. The van der Waals surface area contributed by atoms with Crippen LogP contribution in [0.3, 0.4) is 0 Å². The van der Waals surface area contributed by atoms with E-state index in [9.17, 15) is 14.4 Å². The van der Waals surface area contributed by atoms with Gasteiger partial charge < -0.3 is 14.2 Å². The summed E-state index contributed by atoms with van der Waals surface area (Å²) in [6.07, 6.45) is 87.8. The highest BCUT2D eigenvalue weighted by Crippen LogP contribution is 2.19. The molecule has 0 fully saturated rings. The number of carbonyl (C=O) groups is 3. The van der Waals surface area contributed by atoms with Crippen LogP contribution in [0.5, 0.6) is 0 Å². The van der Waals surface area contributed by atoms with Gasteiger partial charge in [-0.2, -0.15) is 0 Å². The molecule has 0 bridgehead atoms. The van der Waals surface area contributed by atoms with Gasteiger partial charge in [0.15, 0.2) is 6.10 Å². The molecular weight excluding hydrogens is 997 g/mol. The number of allylic oxidation sites excluding steroid dienone is 6. The molecule has 0 N–H and O–H groups in total. The molecule has 1 unspecified atom stereocenters. The molecule has 1 atom stereocenters. The third kappa shape index (κ3) is 68.3. The van der Waals surface area contributed by atoms with Crippen molar-refractivity contribution < 1.29 is 28.6 Å². The van der Waals surface area contributed by atoms with Crippen molar-refractivity contribution in [1.82, 2.24) is 0 Å². The molecule has 0 radical (unpaired) electrons. The summed E-state index contributed by atoms with van der Waals surface area (Å²) in [6, 6.07) is 0. The number of hydrogen-bond donors (Lipinski definition) is 0. The maximum atomic E-state index is 12.9. The SMILES string of the molecule is CCC/C=C\CCCCCCCC(=O)OCC(COC(=O)CCCCCCCCCCCCCCCCCCCCCCCCCCCCCCCC)OC(=O)CCCCCCCCCCCCC/C=C\C/C=C\CCCCCCC. The molecule has 0 aliphatic carbocycles. The van der Waals surface area contributed by atoms with Crippen molar-refractivity contribution in [2.24, 2.45) is 0 Å². The average molecular weight is 1140 g/mol. The van der Waals surface area contributed by atoms with E-state index in [1.165, 1.54) is 289 Å². The van der Waals surface area contributed by atoms with E-state index < -0.39 is 6.10 Å². The monoisotopic (exact) mass is 1140 g/mol. The zero-order valence-corrected chi connectivity index (χ0v) is 54.8. The predicted octanol–water partition coefficient (Wildman–Crippen LogP) is 25.1. The van der Waals surface area contributed by atoms with Gasteiger partial charge in [0.2, 0.25) is 0 Å². The second-order valence-electron chi connectivity index (χ2n) is 24.9. The van der Waals surface area contributed by atoms with E-state index in [-0.39, 0.29) is 31.1 Å². The number of hydrogen-bond acceptors (Lipinski definition) is 6. The third-order valence-electron chi connectivity index (χ3n) is 16.6. The second kappa shape index (κ2) is 70.1. The van der Waals surface area contributed by atoms with E-state index >= 15 is 0 Å². The Bertz CT molecular complexity index is 1350. The lowest BCUT2D eigenvalue weighted by molar-refractivity contribution is -0.167. The second-order valence-corrected chi connectivity index (χ2v) is 24.9. The molecular formula is C75H140O6. The van der Waals surface area contributed by atoms with Crippen LogP contribution in [0.1, 0.15) is 406 Å². The van der Waals surface area contributed by atoms with Crippen LogP contribution in [-0.4, -0.2) is 37.2 Å². The van der Waals surface area contributed by atoms with E-state index in [1.807, 2.05) is 0 Å². The molecule has 6 heteroatoms. The maximum Gasteiger partial charge on any atom is 0.306 e. The van der Waals surface area contributed by atoms with Crippen molar-refractivity contribution in [3.8, 4) is 0 Å². The van der Waals surface area contributed by atoms with Crippen LogP contribution in [0.15, 0.2) is 36.5 Å². The lowest BCUT2D eigenvalue weighted by Gasteiger charge is -2.18. The highest BCUT2D eigenvalue weighted by Gasteiger charge is 2.19. The zero-order valence-electron chi connectivity index (χ0n) is 54.8. The van der Waals surface area contributed by atoms with E-state index in [1.54, 1.807) is 0 Å². The van der Waals surface area contributed by atoms with Crippen LogP contribution >= 0.6 is 0 Å². The Morgan fingerprint density at radius 2 is 0.469 bits per heavy atom. The Balaban J connectivity index is 4.10. The summed E-state index contributed by atoms with van der Waals surface area (Å²) < 4.78 is 17.0. The molecule has 0 saturated carbocycles. The molecule has 81 heavy (non-hydrogen) atoms. The lowest BCUT2D eigenvalue weighted by atomic mass is 10.0. The highest BCUT2D eigenvalue weighted by atomic mass is 16.6. The molecule has 0 saturated heterocycles. The minimum atomic E-state index is -0.775. The van der Waals surface area contributed by atoms with E-state index in [4.69, 9.17) is 14.2 Å². The van der Waals surface area contributed by atoms with Gasteiger partial charge in [-0.25, -0.2) is 0 Å². The van der Waals surface area contributed by atoms with Crippen LogP contribution in [0.2, 0.25) is 0 Å². The summed E-state index contributed by atoms with van der Waals surface area (Å²) in [5.41, 5.74) is 0. The van der Waals surface area contributed by atoms with Crippen molar-refractivity contribution in [1.29, 1.82) is 0 Å². The third-order valence-corrected chi connectivity index (χ3v) is 16.6. The molecule has 0 aliphatic rings. The summed E-state index contributed by atoms with van der Waals surface area (Å²) in [5.74, 6) is -0.858. The maximum absolute atomic E-state index is 12.9. The van der Waals surface area contributed by atoms with Gasteiger partial charge in [-0.15, -0.1) is 0 Å². The highest BCUT2D eigenvalue weighted by molar-refractivity contribution is 5.71. The van der Waals surface area contributed by atoms with Gasteiger partial charge in [0.1, 0.15) is 13.2 Å². The fourth-order valence-corrected chi connectivity index (χ4v) is 11.1. The fraction of sp³-hybridized carbons (Fsp3) is 0.880. The molecule has 0 spiro atoms. The summed E-state index contributed by atoms with van der Waals surface area (Å²) >= 11 is 0. The van der Waals surface area contributed by atoms with Gasteiger partial charge in [-0.3, -0.25) is 14.4 Å². The Hall–Kier alpha value is -2.37. The quantitative estimate of drug-likeness (QED) is 0.0261. The lowest BCUT2D eigenvalue weighted by Crippen LogP contribution is -2.30. The number of carbonyl (C=O) groups excluding carboxylic acids is 3. The summed E-state index contributed by atoms with van der Waals surface area (Å²) in [6.45, 7) is 6.63. The first-order valence-electron chi connectivity index (χ1n) is 36.5. The Morgan fingerprint density at radius 3 is 0.741 bits per heavy atom. The first-order valence-corrected chi connectivity index (χ1v) is 36.5. The van der Waals surface area contributed by atoms with Gasteiger partial charge in [-0.1, -0.05) is 353 Å². The van der Waals surface area contributed by atoms with E-state index in [0.29, 0.717) is 19.3 Å². The van der Waals surface area contributed by atoms with Crippen molar-refractivity contribution in [2.45, 2.75) is 412 Å². The smallest absolute Gasteiger partial charge is 0.306 e. The Morgan fingerprint density at radius 1 is 0.247 bits per heavy atom. The first-order chi connectivity index (χ1) is 40.0. The van der Waals surface area contributed by atoms with Gasteiger partial charge in [0, 0.05) is 19.3 Å². The Labute approximate surface area is 506 Å². The van der Waals surface area contributed by atoms with Crippen LogP contribution in [-0.2, 0) is 28.6 Å². The van der Waals surface area contributed by atoms with Gasteiger partial charge in [0.25, 0.3) is 0 Å². The Kier molecular flexibility index (Phi) is 68.1. The summed E-state index contributed by atoms with van der Waals surface area (Å²) in [7, 11) is 0. The molecule has 0 aromatic rings.